The van der Waals surface area contributed by atoms with Crippen LogP contribution in [0.25, 0.3) is 0 Å². The monoisotopic (exact) mass is 325 g/mol. The van der Waals surface area contributed by atoms with Crippen LogP contribution in [-0.2, 0) is 0 Å². The average molecular weight is 326 g/mol. The Kier molecular flexibility index (Phi) is 3.71. The zero-order chi connectivity index (χ0) is 14.0. The second kappa shape index (κ2) is 5.27. The van der Waals surface area contributed by atoms with Crippen molar-refractivity contribution in [2.24, 2.45) is 0 Å². The smallest absolute Gasteiger partial charge is 0.339 e. The molecule has 0 bridgehead atoms. The maximum absolute atomic E-state index is 13.6. The van der Waals surface area contributed by atoms with E-state index >= 15 is 0 Å². The Balaban J connectivity index is 2.45. The minimum Gasteiger partial charge on any atom is -0.478 e. The Bertz CT molecular complexity index is 646. The van der Waals surface area contributed by atoms with E-state index in [-0.39, 0.29) is 17.1 Å². The molecule has 2 rings (SSSR count). The van der Waals surface area contributed by atoms with Gasteiger partial charge in [0.15, 0.2) is 11.6 Å². The van der Waals surface area contributed by atoms with E-state index in [1.807, 2.05) is 0 Å². The molecular formula is C13H9BrFNO3. The van der Waals surface area contributed by atoms with Gasteiger partial charge in [0.2, 0.25) is 0 Å². The Morgan fingerprint density at radius 1 is 1.21 bits per heavy atom. The van der Waals surface area contributed by atoms with Crippen molar-refractivity contribution in [3.05, 3.63) is 52.3 Å². The number of carbonyl (C=O) groups is 1. The van der Waals surface area contributed by atoms with E-state index in [1.54, 1.807) is 0 Å². The standard InChI is InChI=1S/C13H9BrFNO3/c14-7-1-4-10(15)12(5-7)19-11-6-8(16)2-3-9(11)13(17)18/h1-6H,16H2,(H,17,18). The molecule has 0 atom stereocenters. The summed E-state index contributed by atoms with van der Waals surface area (Å²) in [7, 11) is 0. The predicted octanol–water partition coefficient (Wildman–Crippen LogP) is 3.66. The maximum Gasteiger partial charge on any atom is 0.339 e. The van der Waals surface area contributed by atoms with Crippen LogP contribution in [0.4, 0.5) is 10.1 Å². The first-order chi connectivity index (χ1) is 8.97. The third-order valence-electron chi connectivity index (χ3n) is 2.35. The van der Waals surface area contributed by atoms with E-state index in [0.717, 1.165) is 0 Å². The van der Waals surface area contributed by atoms with Gasteiger partial charge in [0.05, 0.1) is 0 Å². The van der Waals surface area contributed by atoms with Crippen LogP contribution in [0.2, 0.25) is 0 Å². The summed E-state index contributed by atoms with van der Waals surface area (Å²) in [6, 6.07) is 8.22. The van der Waals surface area contributed by atoms with Gasteiger partial charge in [0, 0.05) is 16.2 Å². The minimum absolute atomic E-state index is 0.00972. The lowest BCUT2D eigenvalue weighted by atomic mass is 10.2. The number of rotatable bonds is 3. The van der Waals surface area contributed by atoms with Crippen molar-refractivity contribution in [3.63, 3.8) is 0 Å². The highest BCUT2D eigenvalue weighted by Gasteiger charge is 2.14. The van der Waals surface area contributed by atoms with Gasteiger partial charge in [0.1, 0.15) is 11.3 Å². The van der Waals surface area contributed by atoms with Gasteiger partial charge in [-0.05, 0) is 30.3 Å². The molecule has 0 heterocycles. The van der Waals surface area contributed by atoms with Crippen molar-refractivity contribution in [1.82, 2.24) is 0 Å². The number of nitrogens with two attached hydrogens (primary N) is 1. The van der Waals surface area contributed by atoms with Gasteiger partial charge in [-0.1, -0.05) is 15.9 Å². The van der Waals surface area contributed by atoms with Crippen molar-refractivity contribution in [2.75, 3.05) is 5.73 Å². The third kappa shape index (κ3) is 3.03. The van der Waals surface area contributed by atoms with Gasteiger partial charge in [-0.3, -0.25) is 0 Å². The summed E-state index contributed by atoms with van der Waals surface area (Å²) in [5.41, 5.74) is 5.81. The number of hydrogen-bond donors (Lipinski definition) is 2. The number of carboxylic acid groups (broad SMARTS) is 1. The van der Waals surface area contributed by atoms with Crippen molar-refractivity contribution in [3.8, 4) is 11.5 Å². The van der Waals surface area contributed by atoms with Crippen molar-refractivity contribution >= 4 is 27.6 Å². The van der Waals surface area contributed by atoms with Gasteiger partial charge < -0.3 is 15.6 Å². The van der Waals surface area contributed by atoms with Crippen LogP contribution in [0.5, 0.6) is 11.5 Å². The first-order valence-corrected chi connectivity index (χ1v) is 6.02. The van der Waals surface area contributed by atoms with E-state index in [1.165, 1.54) is 36.4 Å². The van der Waals surface area contributed by atoms with Gasteiger partial charge in [-0.15, -0.1) is 0 Å². The summed E-state index contributed by atoms with van der Waals surface area (Å²) in [5.74, 6) is -1.86. The molecule has 0 spiro atoms. The second-order valence-corrected chi connectivity index (χ2v) is 4.65. The molecule has 0 aliphatic rings. The van der Waals surface area contributed by atoms with Crippen LogP contribution in [0, 0.1) is 5.82 Å². The summed E-state index contributed by atoms with van der Waals surface area (Å²) in [4.78, 5) is 11.1. The summed E-state index contributed by atoms with van der Waals surface area (Å²) in [6.45, 7) is 0. The molecule has 6 heteroatoms. The van der Waals surface area contributed by atoms with E-state index < -0.39 is 11.8 Å². The molecule has 2 aromatic rings. The van der Waals surface area contributed by atoms with Crippen molar-refractivity contribution < 1.29 is 19.0 Å². The fraction of sp³-hybridized carbons (Fsp3) is 0. The number of carboxylic acids is 1. The number of nitrogen functional groups attached to an aromatic ring is 1. The third-order valence-corrected chi connectivity index (χ3v) is 2.84. The molecule has 4 nitrogen and oxygen atoms in total. The molecule has 0 amide bonds. The molecule has 0 radical (unpaired) electrons. The van der Waals surface area contributed by atoms with Crippen LogP contribution in [0.3, 0.4) is 0 Å². The summed E-state index contributed by atoms with van der Waals surface area (Å²) < 4.78 is 19.5. The Morgan fingerprint density at radius 2 is 1.95 bits per heavy atom. The molecule has 0 fully saturated rings. The number of anilines is 1. The van der Waals surface area contributed by atoms with Gasteiger partial charge >= 0.3 is 5.97 Å². The van der Waals surface area contributed by atoms with E-state index in [0.29, 0.717) is 10.2 Å². The molecule has 0 aliphatic heterocycles. The van der Waals surface area contributed by atoms with Crippen LogP contribution < -0.4 is 10.5 Å². The fourth-order valence-corrected chi connectivity index (χ4v) is 1.81. The number of benzene rings is 2. The minimum atomic E-state index is -1.18. The van der Waals surface area contributed by atoms with Gasteiger partial charge in [-0.2, -0.15) is 0 Å². The molecule has 0 saturated heterocycles. The Morgan fingerprint density at radius 3 is 2.63 bits per heavy atom. The summed E-state index contributed by atoms with van der Waals surface area (Å²) in [6.07, 6.45) is 0. The van der Waals surface area contributed by atoms with Crippen molar-refractivity contribution in [1.29, 1.82) is 0 Å². The van der Waals surface area contributed by atoms with Gasteiger partial charge in [-0.25, -0.2) is 9.18 Å². The Labute approximate surface area is 116 Å². The summed E-state index contributed by atoms with van der Waals surface area (Å²) in [5, 5.41) is 9.03. The predicted molar refractivity (Wildman–Crippen MR) is 72.0 cm³/mol. The maximum atomic E-state index is 13.6. The zero-order valence-corrected chi connectivity index (χ0v) is 11.1. The fourth-order valence-electron chi connectivity index (χ4n) is 1.47. The van der Waals surface area contributed by atoms with Crippen LogP contribution in [0.1, 0.15) is 10.4 Å². The highest BCUT2D eigenvalue weighted by Crippen LogP contribution is 2.31. The lowest BCUT2D eigenvalue weighted by Gasteiger charge is -2.10. The molecule has 2 aromatic carbocycles. The first kappa shape index (κ1) is 13.4. The number of aromatic carboxylic acids is 1. The molecule has 0 saturated carbocycles. The van der Waals surface area contributed by atoms with Crippen LogP contribution in [0.15, 0.2) is 40.9 Å². The van der Waals surface area contributed by atoms with Crippen LogP contribution >= 0.6 is 15.9 Å². The van der Waals surface area contributed by atoms with Crippen LogP contribution in [-0.4, -0.2) is 11.1 Å². The Hall–Kier alpha value is -2.08. The normalized spacial score (nSPS) is 10.2. The highest BCUT2D eigenvalue weighted by atomic mass is 79.9. The average Bonchev–Trinajstić information content (AvgIpc) is 2.33. The lowest BCUT2D eigenvalue weighted by Crippen LogP contribution is -2.01. The first-order valence-electron chi connectivity index (χ1n) is 5.23. The molecule has 0 unspecified atom stereocenters. The number of ether oxygens (including phenoxy) is 1. The van der Waals surface area contributed by atoms with Gasteiger partial charge in [0.25, 0.3) is 0 Å². The molecule has 3 N–H and O–H groups in total. The summed E-state index contributed by atoms with van der Waals surface area (Å²) >= 11 is 3.18. The SMILES string of the molecule is Nc1ccc(C(=O)O)c(Oc2cc(Br)ccc2F)c1. The molecule has 98 valence electrons. The largest absolute Gasteiger partial charge is 0.478 e. The molecule has 19 heavy (non-hydrogen) atoms. The molecule has 0 aliphatic carbocycles. The highest BCUT2D eigenvalue weighted by molar-refractivity contribution is 9.10. The van der Waals surface area contributed by atoms with Crippen molar-refractivity contribution in [2.45, 2.75) is 0 Å². The number of halogens is 2. The quantitative estimate of drug-likeness (QED) is 0.844. The molecule has 0 aromatic heterocycles. The van der Waals surface area contributed by atoms with E-state index in [4.69, 9.17) is 15.6 Å². The topological polar surface area (TPSA) is 72.6 Å². The molecular weight excluding hydrogens is 317 g/mol. The zero-order valence-electron chi connectivity index (χ0n) is 9.56. The number of hydrogen-bond acceptors (Lipinski definition) is 3. The van der Waals surface area contributed by atoms with E-state index in [2.05, 4.69) is 15.9 Å². The lowest BCUT2D eigenvalue weighted by molar-refractivity contribution is 0.0694. The van der Waals surface area contributed by atoms with E-state index in [9.17, 15) is 9.18 Å². The second-order valence-electron chi connectivity index (χ2n) is 3.74.